The number of anilines is 1. The highest BCUT2D eigenvalue weighted by Gasteiger charge is 2.25. The first kappa shape index (κ1) is 23.1. The van der Waals surface area contributed by atoms with Crippen LogP contribution >= 0.6 is 23.1 Å². The Balaban J connectivity index is 0.00000272. The number of thioether (sulfide) groups is 1. The molecular weight excluding hydrogens is 454 g/mol. The first-order valence-corrected chi connectivity index (χ1v) is 11.0. The van der Waals surface area contributed by atoms with Crippen LogP contribution in [0.15, 0.2) is 52.3 Å². The lowest BCUT2D eigenvalue weighted by Crippen LogP contribution is -3.00. The van der Waals surface area contributed by atoms with Crippen LogP contribution in [0.4, 0.5) is 5.69 Å². The summed E-state index contributed by atoms with van der Waals surface area (Å²) in [7, 11) is 5.24. The number of esters is 1. The Morgan fingerprint density at radius 2 is 2.03 bits per heavy atom. The average Bonchev–Trinajstić information content (AvgIpc) is 3.20. The molecule has 31 heavy (non-hydrogen) atoms. The topological polar surface area (TPSA) is 55.4 Å². The maximum absolute atomic E-state index is 13.3. The fourth-order valence-electron chi connectivity index (χ4n) is 3.29. The number of fused-ring (bicyclic) bond motifs is 1. The Morgan fingerprint density at radius 1 is 1.26 bits per heavy atom. The van der Waals surface area contributed by atoms with Crippen molar-refractivity contribution in [2.75, 3.05) is 19.1 Å². The van der Waals surface area contributed by atoms with Crippen molar-refractivity contribution in [3.05, 3.63) is 73.4 Å². The van der Waals surface area contributed by atoms with Crippen LogP contribution in [-0.4, -0.2) is 24.7 Å². The predicted octanol–water partition coefficient (Wildman–Crippen LogP) is -1.64. The van der Waals surface area contributed by atoms with E-state index in [1.165, 1.54) is 28.6 Å². The number of pyridine rings is 1. The number of thiazole rings is 1. The molecule has 0 spiro atoms. The van der Waals surface area contributed by atoms with Crippen molar-refractivity contribution in [1.82, 2.24) is 4.57 Å². The largest absolute Gasteiger partial charge is 1.00 e. The standard InChI is InChI=1S/C22H22N3O3S2.ClH/c1-14-8-9-16-17(11-14)29-22(24(16)3)20-21(27)25(13-19(26)28-4)18(30-20)12-15-7-5-6-10-23(15)2;/h5-12H,13H2,1-4H3;1H/q+1;/p-1/b22-20+;. The number of halogens is 1. The molecule has 2 aromatic heterocycles. The minimum Gasteiger partial charge on any atom is -1.00 e. The van der Waals surface area contributed by atoms with E-state index in [2.05, 4.69) is 25.1 Å². The van der Waals surface area contributed by atoms with E-state index in [0.717, 1.165) is 21.3 Å². The number of ether oxygens (including phenoxy) is 1. The van der Waals surface area contributed by atoms with Gasteiger partial charge in [0, 0.05) is 30.2 Å². The van der Waals surface area contributed by atoms with Gasteiger partial charge in [0.2, 0.25) is 5.69 Å². The number of aromatic nitrogens is 2. The third-order valence-electron chi connectivity index (χ3n) is 4.98. The molecule has 1 aliphatic rings. The summed E-state index contributed by atoms with van der Waals surface area (Å²) >= 11 is 2.98. The maximum Gasteiger partial charge on any atom is 0.325 e. The molecule has 1 aliphatic heterocycles. The lowest BCUT2D eigenvalue weighted by molar-refractivity contribution is -0.673. The summed E-state index contributed by atoms with van der Waals surface area (Å²) < 4.78 is 9.60. The zero-order valence-corrected chi connectivity index (χ0v) is 20.0. The molecule has 0 fully saturated rings. The Bertz CT molecular complexity index is 1330. The highest BCUT2D eigenvalue weighted by atomic mass is 35.5. The third-order valence-corrected chi connectivity index (χ3v) is 7.44. The summed E-state index contributed by atoms with van der Waals surface area (Å²) in [6.07, 6.45) is 3.87. The van der Waals surface area contributed by atoms with Crippen LogP contribution in [0.2, 0.25) is 0 Å². The molecule has 0 unspecified atom stereocenters. The number of carbonyl (C=O) groups is 1. The lowest BCUT2D eigenvalue weighted by atomic mass is 10.2. The van der Waals surface area contributed by atoms with Crippen molar-refractivity contribution in [3.63, 3.8) is 0 Å². The normalized spacial score (nSPS) is 15.0. The number of rotatable bonds is 3. The maximum atomic E-state index is 13.3. The molecule has 0 atom stereocenters. The monoisotopic (exact) mass is 475 g/mol. The van der Waals surface area contributed by atoms with Crippen molar-refractivity contribution < 1.29 is 26.5 Å². The Morgan fingerprint density at radius 3 is 2.74 bits per heavy atom. The molecule has 6 nitrogen and oxygen atoms in total. The van der Waals surface area contributed by atoms with Gasteiger partial charge in [0.1, 0.15) is 27.8 Å². The number of aryl methyl sites for hydroxylation is 2. The van der Waals surface area contributed by atoms with Crippen LogP contribution in [0.25, 0.3) is 11.1 Å². The van der Waals surface area contributed by atoms with Gasteiger partial charge in [0.25, 0.3) is 5.56 Å². The van der Waals surface area contributed by atoms with E-state index in [1.807, 2.05) is 54.0 Å². The van der Waals surface area contributed by atoms with Gasteiger partial charge in [-0.1, -0.05) is 17.8 Å². The highest BCUT2D eigenvalue weighted by Crippen LogP contribution is 2.45. The molecule has 0 amide bonds. The summed E-state index contributed by atoms with van der Waals surface area (Å²) in [5.41, 5.74) is 3.00. The van der Waals surface area contributed by atoms with Gasteiger partial charge in [-0.15, -0.1) is 11.3 Å². The summed E-state index contributed by atoms with van der Waals surface area (Å²) in [5.74, 6) is -0.454. The highest BCUT2D eigenvalue weighted by molar-refractivity contribution is 8.08. The van der Waals surface area contributed by atoms with Crippen molar-refractivity contribution in [2.45, 2.75) is 18.4 Å². The van der Waals surface area contributed by atoms with E-state index < -0.39 is 5.97 Å². The molecule has 0 saturated heterocycles. The van der Waals surface area contributed by atoms with E-state index in [0.29, 0.717) is 9.20 Å². The van der Waals surface area contributed by atoms with Crippen LogP contribution in [0.3, 0.4) is 0 Å². The second kappa shape index (κ2) is 9.30. The van der Waals surface area contributed by atoms with Gasteiger partial charge in [-0.25, -0.2) is 4.57 Å². The molecule has 9 heteroatoms. The number of carbonyl (C=O) groups excluding carboxylic acids is 1. The summed E-state index contributed by atoms with van der Waals surface area (Å²) in [6.45, 7) is 1.93. The summed E-state index contributed by atoms with van der Waals surface area (Å²) in [6, 6.07) is 12.1. The number of methoxy groups -OCH3 is 1. The SMILES string of the molecule is COC(=O)Cn1c(=O)/c(=C2\Sc3cc(C)ccc3N2C)s/c1=C\c1cccc[n+]1C.[Cl-]. The molecule has 0 saturated carbocycles. The fourth-order valence-corrected chi connectivity index (χ4v) is 5.78. The van der Waals surface area contributed by atoms with Crippen molar-refractivity contribution in [3.8, 4) is 0 Å². The number of nitrogens with zero attached hydrogens (tertiary/aromatic N) is 3. The lowest BCUT2D eigenvalue weighted by Gasteiger charge is -2.12. The average molecular weight is 476 g/mol. The summed E-state index contributed by atoms with van der Waals surface area (Å²) in [4.78, 5) is 28.5. The molecule has 4 rings (SSSR count). The minimum absolute atomic E-state index is 0. The second-order valence-corrected chi connectivity index (χ2v) is 9.12. The fraction of sp³-hybridized carbons (Fsp3) is 0.227. The van der Waals surface area contributed by atoms with Gasteiger partial charge in [0.05, 0.1) is 12.8 Å². The van der Waals surface area contributed by atoms with E-state index in [9.17, 15) is 9.59 Å². The van der Waals surface area contributed by atoms with Crippen LogP contribution < -0.4 is 36.6 Å². The molecule has 162 valence electrons. The Hall–Kier alpha value is -2.55. The molecule has 0 N–H and O–H groups in total. The Labute approximate surface area is 194 Å². The van der Waals surface area contributed by atoms with Gasteiger partial charge in [-0.3, -0.25) is 14.2 Å². The smallest absolute Gasteiger partial charge is 0.325 e. The van der Waals surface area contributed by atoms with Gasteiger partial charge in [-0.2, -0.15) is 0 Å². The zero-order valence-electron chi connectivity index (χ0n) is 17.6. The second-order valence-electron chi connectivity index (χ2n) is 7.06. The Kier molecular flexibility index (Phi) is 6.93. The first-order valence-electron chi connectivity index (χ1n) is 9.38. The van der Waals surface area contributed by atoms with E-state index in [4.69, 9.17) is 4.74 Å². The van der Waals surface area contributed by atoms with E-state index in [1.54, 1.807) is 11.8 Å². The molecule has 1 aromatic carbocycles. The van der Waals surface area contributed by atoms with E-state index in [-0.39, 0.29) is 24.5 Å². The minimum atomic E-state index is -0.454. The van der Waals surface area contributed by atoms with Crippen molar-refractivity contribution in [2.24, 2.45) is 7.05 Å². The predicted molar refractivity (Wildman–Crippen MR) is 120 cm³/mol. The van der Waals surface area contributed by atoms with Crippen molar-refractivity contribution >= 4 is 45.9 Å². The van der Waals surface area contributed by atoms with Crippen LogP contribution in [0.5, 0.6) is 0 Å². The van der Waals surface area contributed by atoms with Gasteiger partial charge >= 0.3 is 5.97 Å². The van der Waals surface area contributed by atoms with Gasteiger partial charge < -0.3 is 22.0 Å². The quantitative estimate of drug-likeness (QED) is 0.336. The summed E-state index contributed by atoms with van der Waals surface area (Å²) in [5, 5.41) is 0.876. The third kappa shape index (κ3) is 4.42. The van der Waals surface area contributed by atoms with Gasteiger partial charge in [0.15, 0.2) is 6.20 Å². The molecule has 3 aromatic rings. The zero-order chi connectivity index (χ0) is 21.4. The van der Waals surface area contributed by atoms with E-state index >= 15 is 0 Å². The van der Waals surface area contributed by atoms with Crippen molar-refractivity contribution in [1.29, 1.82) is 0 Å². The molecular formula is C22H22ClN3O3S2. The van der Waals surface area contributed by atoms with Gasteiger partial charge in [-0.05, 0) is 30.7 Å². The molecule has 0 bridgehead atoms. The van der Waals surface area contributed by atoms with Crippen LogP contribution in [-0.2, 0) is 23.1 Å². The number of hydrogen-bond acceptors (Lipinski definition) is 6. The van der Waals surface area contributed by atoms with Crippen LogP contribution in [0, 0.1) is 6.92 Å². The molecule has 0 radical (unpaired) electrons. The first-order chi connectivity index (χ1) is 14.4. The number of hydrogen-bond donors (Lipinski definition) is 0. The molecule has 3 heterocycles. The number of benzene rings is 1. The molecule has 0 aliphatic carbocycles. The van der Waals surface area contributed by atoms with Crippen LogP contribution in [0.1, 0.15) is 11.3 Å².